The average molecular weight is 336 g/mol. The molecular formula is C17H18F2N2O3. The van der Waals surface area contributed by atoms with Gasteiger partial charge in [0.25, 0.3) is 5.91 Å². The van der Waals surface area contributed by atoms with E-state index in [2.05, 4.69) is 10.3 Å². The summed E-state index contributed by atoms with van der Waals surface area (Å²) in [4.78, 5) is 27.0. The van der Waals surface area contributed by atoms with Crippen molar-refractivity contribution in [1.29, 1.82) is 0 Å². The Morgan fingerprint density at radius 1 is 1.25 bits per heavy atom. The third-order valence-corrected chi connectivity index (χ3v) is 3.83. The Balaban J connectivity index is 2.25. The highest BCUT2D eigenvalue weighted by Crippen LogP contribution is 2.21. The molecule has 0 bridgehead atoms. The Kier molecular flexibility index (Phi) is 5.02. The van der Waals surface area contributed by atoms with E-state index in [4.69, 9.17) is 4.74 Å². The first kappa shape index (κ1) is 17.7. The van der Waals surface area contributed by atoms with Crippen LogP contribution in [0.4, 0.5) is 8.78 Å². The number of aromatic nitrogens is 1. The summed E-state index contributed by atoms with van der Waals surface area (Å²) in [5.74, 6) is -2.47. The summed E-state index contributed by atoms with van der Waals surface area (Å²) < 4.78 is 31.5. The van der Waals surface area contributed by atoms with Gasteiger partial charge < -0.3 is 15.0 Å². The Bertz CT molecular complexity index is 799. The van der Waals surface area contributed by atoms with Gasteiger partial charge in [-0.1, -0.05) is 6.07 Å². The SMILES string of the molecule is COC(=O)c1c(C)[nH]c(C(=O)N[C@H](C)c2ccc(F)cc2F)c1C. The van der Waals surface area contributed by atoms with E-state index in [1.807, 2.05) is 0 Å². The van der Waals surface area contributed by atoms with Crippen LogP contribution in [0.3, 0.4) is 0 Å². The summed E-state index contributed by atoms with van der Waals surface area (Å²) in [6.45, 7) is 4.85. The fourth-order valence-electron chi connectivity index (χ4n) is 2.58. The number of aryl methyl sites for hydroxylation is 1. The van der Waals surface area contributed by atoms with Crippen molar-refractivity contribution in [3.8, 4) is 0 Å². The van der Waals surface area contributed by atoms with Crippen LogP contribution in [0.5, 0.6) is 0 Å². The van der Waals surface area contributed by atoms with Gasteiger partial charge in [0.2, 0.25) is 0 Å². The summed E-state index contributed by atoms with van der Waals surface area (Å²) in [6.07, 6.45) is 0. The molecular weight excluding hydrogens is 318 g/mol. The van der Waals surface area contributed by atoms with Crippen molar-refractivity contribution in [3.05, 3.63) is 57.9 Å². The summed E-state index contributed by atoms with van der Waals surface area (Å²) in [6, 6.07) is 2.49. The largest absolute Gasteiger partial charge is 0.465 e. The minimum Gasteiger partial charge on any atom is -0.465 e. The number of ether oxygens (including phenoxy) is 1. The first-order chi connectivity index (χ1) is 11.3. The van der Waals surface area contributed by atoms with Crippen LogP contribution in [0.25, 0.3) is 0 Å². The predicted octanol–water partition coefficient (Wildman–Crippen LogP) is 3.19. The van der Waals surface area contributed by atoms with E-state index in [9.17, 15) is 18.4 Å². The topological polar surface area (TPSA) is 71.2 Å². The van der Waals surface area contributed by atoms with E-state index in [-0.39, 0.29) is 11.3 Å². The summed E-state index contributed by atoms with van der Waals surface area (Å²) in [5.41, 5.74) is 1.61. The molecule has 1 heterocycles. The van der Waals surface area contributed by atoms with Crippen molar-refractivity contribution in [3.63, 3.8) is 0 Å². The second-order valence-electron chi connectivity index (χ2n) is 5.48. The lowest BCUT2D eigenvalue weighted by molar-refractivity contribution is 0.0599. The van der Waals surface area contributed by atoms with Crippen LogP contribution in [0, 0.1) is 25.5 Å². The number of methoxy groups -OCH3 is 1. The number of esters is 1. The maximum Gasteiger partial charge on any atom is 0.339 e. The van der Waals surface area contributed by atoms with Crippen LogP contribution in [0.1, 0.15) is 50.6 Å². The Hall–Kier alpha value is -2.70. The van der Waals surface area contributed by atoms with Gasteiger partial charge in [-0.2, -0.15) is 0 Å². The van der Waals surface area contributed by atoms with E-state index in [0.717, 1.165) is 12.1 Å². The average Bonchev–Trinajstić information content (AvgIpc) is 2.81. The Labute approximate surface area is 138 Å². The minimum atomic E-state index is -0.738. The van der Waals surface area contributed by atoms with E-state index in [1.54, 1.807) is 20.8 Å². The number of hydrogen-bond donors (Lipinski definition) is 2. The zero-order chi connectivity index (χ0) is 18.0. The Morgan fingerprint density at radius 3 is 2.50 bits per heavy atom. The molecule has 2 rings (SSSR count). The molecule has 24 heavy (non-hydrogen) atoms. The smallest absolute Gasteiger partial charge is 0.339 e. The summed E-state index contributed by atoms with van der Waals surface area (Å²) in [7, 11) is 1.26. The number of halogens is 2. The van der Waals surface area contributed by atoms with Crippen LogP contribution in [-0.4, -0.2) is 24.0 Å². The van der Waals surface area contributed by atoms with Gasteiger partial charge in [-0.3, -0.25) is 4.79 Å². The molecule has 0 spiro atoms. The molecule has 2 N–H and O–H groups in total. The third-order valence-electron chi connectivity index (χ3n) is 3.83. The quantitative estimate of drug-likeness (QED) is 0.843. The predicted molar refractivity (Wildman–Crippen MR) is 83.8 cm³/mol. The Morgan fingerprint density at radius 2 is 1.92 bits per heavy atom. The number of carbonyl (C=O) groups is 2. The number of nitrogens with one attached hydrogen (secondary N) is 2. The summed E-state index contributed by atoms with van der Waals surface area (Å²) >= 11 is 0. The number of rotatable bonds is 4. The standard InChI is InChI=1S/C17H18F2N2O3/c1-8-14(17(23)24-4)10(3)20-15(8)16(22)21-9(2)12-6-5-11(18)7-13(12)19/h5-7,9,20H,1-4H3,(H,21,22)/t9-/m1/s1. The van der Waals surface area contributed by atoms with Gasteiger partial charge in [0.15, 0.2) is 0 Å². The second kappa shape index (κ2) is 6.82. The number of H-pyrrole nitrogens is 1. The summed E-state index contributed by atoms with van der Waals surface area (Å²) in [5, 5.41) is 2.63. The maximum atomic E-state index is 13.8. The monoisotopic (exact) mass is 336 g/mol. The first-order valence-corrected chi connectivity index (χ1v) is 7.29. The molecule has 128 valence electrons. The number of carbonyl (C=O) groups excluding carboxylic acids is 2. The maximum absolute atomic E-state index is 13.8. The van der Waals surface area contributed by atoms with Crippen molar-refractivity contribution < 1.29 is 23.1 Å². The van der Waals surface area contributed by atoms with Crippen molar-refractivity contribution >= 4 is 11.9 Å². The van der Waals surface area contributed by atoms with Crippen LogP contribution < -0.4 is 5.32 Å². The van der Waals surface area contributed by atoms with Crippen LogP contribution in [0.2, 0.25) is 0 Å². The van der Waals surface area contributed by atoms with Gasteiger partial charge in [-0.15, -0.1) is 0 Å². The lowest BCUT2D eigenvalue weighted by Crippen LogP contribution is -2.28. The molecule has 0 aliphatic rings. The van der Waals surface area contributed by atoms with Gasteiger partial charge in [-0.25, -0.2) is 13.6 Å². The molecule has 0 radical (unpaired) electrons. The zero-order valence-electron chi connectivity index (χ0n) is 13.8. The van der Waals surface area contributed by atoms with Crippen molar-refractivity contribution in [1.82, 2.24) is 10.3 Å². The number of aromatic amines is 1. The van der Waals surface area contributed by atoms with E-state index < -0.39 is 29.6 Å². The first-order valence-electron chi connectivity index (χ1n) is 7.29. The second-order valence-corrected chi connectivity index (χ2v) is 5.48. The fraction of sp³-hybridized carbons (Fsp3) is 0.294. The number of hydrogen-bond acceptors (Lipinski definition) is 3. The molecule has 2 aromatic rings. The van der Waals surface area contributed by atoms with E-state index >= 15 is 0 Å². The molecule has 0 unspecified atom stereocenters. The highest BCUT2D eigenvalue weighted by atomic mass is 19.1. The van der Waals surface area contributed by atoms with Gasteiger partial charge >= 0.3 is 5.97 Å². The van der Waals surface area contributed by atoms with Gasteiger partial charge in [-0.05, 0) is 32.4 Å². The molecule has 1 aromatic carbocycles. The van der Waals surface area contributed by atoms with Gasteiger partial charge in [0.1, 0.15) is 17.3 Å². The van der Waals surface area contributed by atoms with Crippen LogP contribution in [-0.2, 0) is 4.74 Å². The molecule has 0 aliphatic heterocycles. The molecule has 7 heteroatoms. The molecule has 0 aliphatic carbocycles. The van der Waals surface area contributed by atoms with Gasteiger partial charge in [0, 0.05) is 17.3 Å². The highest BCUT2D eigenvalue weighted by molar-refractivity contribution is 6.00. The molecule has 1 amide bonds. The van der Waals surface area contributed by atoms with Crippen molar-refractivity contribution in [2.24, 2.45) is 0 Å². The van der Waals surface area contributed by atoms with Crippen LogP contribution >= 0.6 is 0 Å². The lowest BCUT2D eigenvalue weighted by atomic mass is 10.1. The molecule has 0 fully saturated rings. The van der Waals surface area contributed by atoms with Crippen molar-refractivity contribution in [2.45, 2.75) is 26.8 Å². The van der Waals surface area contributed by atoms with Crippen LogP contribution in [0.15, 0.2) is 18.2 Å². The highest BCUT2D eigenvalue weighted by Gasteiger charge is 2.24. The number of amides is 1. The van der Waals surface area contributed by atoms with Crippen molar-refractivity contribution in [2.75, 3.05) is 7.11 Å². The molecule has 0 saturated carbocycles. The lowest BCUT2D eigenvalue weighted by Gasteiger charge is -2.15. The molecule has 1 aromatic heterocycles. The molecule has 0 saturated heterocycles. The minimum absolute atomic E-state index is 0.166. The normalized spacial score (nSPS) is 11.9. The molecule has 5 nitrogen and oxygen atoms in total. The molecule has 1 atom stereocenters. The van der Waals surface area contributed by atoms with Gasteiger partial charge in [0.05, 0.1) is 18.7 Å². The zero-order valence-corrected chi connectivity index (χ0v) is 13.8. The van der Waals surface area contributed by atoms with E-state index in [0.29, 0.717) is 16.8 Å². The third kappa shape index (κ3) is 3.29. The fourth-order valence-corrected chi connectivity index (χ4v) is 2.58. The number of benzene rings is 1. The van der Waals surface area contributed by atoms with E-state index in [1.165, 1.54) is 13.2 Å².